The second-order valence-electron chi connectivity index (χ2n) is 6.68. The highest BCUT2D eigenvalue weighted by Gasteiger charge is 2.12. The number of nitrogens with zero attached hydrogens (tertiary/aromatic N) is 3. The smallest absolute Gasteiger partial charge is 0.272 e. The van der Waals surface area contributed by atoms with Crippen LogP contribution in [0.25, 0.3) is 27.7 Å². The summed E-state index contributed by atoms with van der Waals surface area (Å²) in [5.74, 6) is 0. The van der Waals surface area contributed by atoms with Crippen molar-refractivity contribution in [3.63, 3.8) is 0 Å². The van der Waals surface area contributed by atoms with E-state index in [2.05, 4.69) is 20.3 Å². The maximum Gasteiger partial charge on any atom is 0.272 e. The van der Waals surface area contributed by atoms with Crippen molar-refractivity contribution in [1.29, 1.82) is 0 Å². The molecule has 29 heavy (non-hydrogen) atoms. The highest BCUT2D eigenvalue weighted by atomic mass is 35.5. The molecule has 0 spiro atoms. The molecule has 0 amide bonds. The second kappa shape index (κ2) is 6.72. The summed E-state index contributed by atoms with van der Waals surface area (Å²) in [5, 5.41) is 11.6. The molecule has 0 radical (unpaired) electrons. The Hall–Kier alpha value is -3.71. The standard InChI is InChI=1S/C21H14ClN5O2/c22-13-5-3-4-12(8-13)17-11-19-23-14(10-20(28)27(19)26-17)9-18-15-6-1-2-7-16(15)21(29)25-24-18/h1-8,10-11,26H,9H2,(H,25,29). The lowest BCUT2D eigenvalue weighted by molar-refractivity contribution is 0.869. The molecule has 0 fully saturated rings. The summed E-state index contributed by atoms with van der Waals surface area (Å²) in [7, 11) is 0. The second-order valence-corrected chi connectivity index (χ2v) is 7.12. The van der Waals surface area contributed by atoms with Gasteiger partial charge in [-0.2, -0.15) is 5.10 Å². The van der Waals surface area contributed by atoms with Gasteiger partial charge in [0.1, 0.15) is 0 Å². The van der Waals surface area contributed by atoms with Gasteiger partial charge < -0.3 is 0 Å². The van der Waals surface area contributed by atoms with E-state index in [1.165, 1.54) is 10.6 Å². The molecule has 5 rings (SSSR count). The number of hydrogen-bond acceptors (Lipinski definition) is 4. The van der Waals surface area contributed by atoms with Gasteiger partial charge in [-0.15, -0.1) is 0 Å². The Morgan fingerprint density at radius 3 is 2.62 bits per heavy atom. The van der Waals surface area contributed by atoms with Gasteiger partial charge in [0, 0.05) is 34.5 Å². The summed E-state index contributed by atoms with van der Waals surface area (Å²) in [6.07, 6.45) is 0.320. The molecule has 7 nitrogen and oxygen atoms in total. The molecule has 2 N–H and O–H groups in total. The zero-order valence-corrected chi connectivity index (χ0v) is 15.8. The van der Waals surface area contributed by atoms with E-state index in [-0.39, 0.29) is 11.1 Å². The number of halogens is 1. The minimum Gasteiger partial charge on any atom is -0.289 e. The van der Waals surface area contributed by atoms with Crippen LogP contribution in [0.4, 0.5) is 0 Å². The fourth-order valence-corrected chi connectivity index (χ4v) is 3.60. The van der Waals surface area contributed by atoms with E-state index in [0.717, 1.165) is 16.6 Å². The Bertz CT molecular complexity index is 1500. The van der Waals surface area contributed by atoms with Gasteiger partial charge in [-0.25, -0.2) is 14.6 Å². The Labute approximate surface area is 168 Å². The quantitative estimate of drug-likeness (QED) is 0.483. The van der Waals surface area contributed by atoms with E-state index in [4.69, 9.17) is 11.6 Å². The van der Waals surface area contributed by atoms with Crippen molar-refractivity contribution in [1.82, 2.24) is 24.8 Å². The zero-order valence-electron chi connectivity index (χ0n) is 15.0. The van der Waals surface area contributed by atoms with Crippen molar-refractivity contribution in [2.45, 2.75) is 6.42 Å². The minimum absolute atomic E-state index is 0.230. The molecule has 0 aliphatic rings. The van der Waals surface area contributed by atoms with Crippen LogP contribution in [0.2, 0.25) is 5.02 Å². The maximum absolute atomic E-state index is 12.6. The van der Waals surface area contributed by atoms with E-state index in [9.17, 15) is 9.59 Å². The summed E-state index contributed by atoms with van der Waals surface area (Å²) in [6, 6.07) is 17.8. The van der Waals surface area contributed by atoms with Gasteiger partial charge in [0.25, 0.3) is 11.1 Å². The van der Waals surface area contributed by atoms with Crippen molar-refractivity contribution in [2.24, 2.45) is 0 Å². The van der Waals surface area contributed by atoms with Crippen molar-refractivity contribution in [3.8, 4) is 11.3 Å². The first-order valence-electron chi connectivity index (χ1n) is 8.92. The number of H-pyrrole nitrogens is 2. The third-order valence-electron chi connectivity index (χ3n) is 4.76. The SMILES string of the molecule is O=c1[nH]nc(Cc2cc(=O)n3[nH]c(-c4cccc(Cl)c4)cc3n2)c2ccccc12. The molecule has 3 heterocycles. The van der Waals surface area contributed by atoms with Crippen LogP contribution in [0, 0.1) is 0 Å². The summed E-state index contributed by atoms with van der Waals surface area (Å²) in [4.78, 5) is 29.2. The predicted molar refractivity (Wildman–Crippen MR) is 111 cm³/mol. The molecule has 8 heteroatoms. The third kappa shape index (κ3) is 3.11. The average Bonchev–Trinajstić information content (AvgIpc) is 3.15. The summed E-state index contributed by atoms with van der Waals surface area (Å²) in [6.45, 7) is 0. The summed E-state index contributed by atoms with van der Waals surface area (Å²) in [5.41, 5.74) is 2.84. The van der Waals surface area contributed by atoms with E-state index in [1.807, 2.05) is 30.3 Å². The monoisotopic (exact) mass is 403 g/mol. The molecule has 0 unspecified atom stereocenters. The number of hydrogen-bond donors (Lipinski definition) is 2. The molecule has 3 aromatic heterocycles. The minimum atomic E-state index is -0.246. The fourth-order valence-electron chi connectivity index (χ4n) is 3.41. The Kier molecular flexibility index (Phi) is 4.03. The van der Waals surface area contributed by atoms with Crippen LogP contribution in [0.1, 0.15) is 11.4 Å². The van der Waals surface area contributed by atoms with Crippen LogP contribution in [-0.4, -0.2) is 24.8 Å². The van der Waals surface area contributed by atoms with Crippen LogP contribution in [0.5, 0.6) is 0 Å². The lowest BCUT2D eigenvalue weighted by Crippen LogP contribution is -2.17. The molecule has 0 saturated heterocycles. The topological polar surface area (TPSA) is 95.9 Å². The maximum atomic E-state index is 12.6. The summed E-state index contributed by atoms with van der Waals surface area (Å²) >= 11 is 6.07. The number of rotatable bonds is 3. The number of benzene rings is 2. The van der Waals surface area contributed by atoms with Gasteiger partial charge in [-0.1, -0.05) is 41.9 Å². The highest BCUT2D eigenvalue weighted by Crippen LogP contribution is 2.22. The number of aromatic amines is 2. The van der Waals surface area contributed by atoms with E-state index in [0.29, 0.717) is 33.9 Å². The molecular weight excluding hydrogens is 390 g/mol. The van der Waals surface area contributed by atoms with Crippen molar-refractivity contribution >= 4 is 28.0 Å². The fraction of sp³-hybridized carbons (Fsp3) is 0.0476. The highest BCUT2D eigenvalue weighted by molar-refractivity contribution is 6.30. The van der Waals surface area contributed by atoms with Gasteiger partial charge in [0.15, 0.2) is 5.65 Å². The van der Waals surface area contributed by atoms with Gasteiger partial charge >= 0.3 is 0 Å². The molecule has 142 valence electrons. The average molecular weight is 404 g/mol. The summed E-state index contributed by atoms with van der Waals surface area (Å²) < 4.78 is 1.39. The van der Waals surface area contributed by atoms with Crippen LogP contribution in [0.15, 0.2) is 70.3 Å². The number of nitrogens with one attached hydrogen (secondary N) is 2. The number of aromatic nitrogens is 5. The van der Waals surface area contributed by atoms with Crippen LogP contribution < -0.4 is 11.1 Å². The van der Waals surface area contributed by atoms with Crippen molar-refractivity contribution in [3.05, 3.63) is 97.8 Å². The van der Waals surface area contributed by atoms with Crippen molar-refractivity contribution < 1.29 is 0 Å². The number of fused-ring (bicyclic) bond motifs is 2. The zero-order chi connectivity index (χ0) is 20.0. The van der Waals surface area contributed by atoms with E-state index >= 15 is 0 Å². The molecule has 2 aromatic carbocycles. The molecule has 0 aliphatic carbocycles. The Morgan fingerprint density at radius 1 is 0.966 bits per heavy atom. The lowest BCUT2D eigenvalue weighted by Gasteiger charge is -2.04. The first-order chi connectivity index (χ1) is 14.1. The van der Waals surface area contributed by atoms with Gasteiger partial charge in [0.2, 0.25) is 0 Å². The van der Waals surface area contributed by atoms with E-state index < -0.39 is 0 Å². The molecule has 5 aromatic rings. The Morgan fingerprint density at radius 2 is 1.79 bits per heavy atom. The molecule has 0 saturated carbocycles. The predicted octanol–water partition coefficient (Wildman–Crippen LogP) is 3.17. The largest absolute Gasteiger partial charge is 0.289 e. The van der Waals surface area contributed by atoms with Gasteiger partial charge in [0.05, 0.1) is 22.5 Å². The van der Waals surface area contributed by atoms with Crippen LogP contribution in [0.3, 0.4) is 0 Å². The van der Waals surface area contributed by atoms with Gasteiger partial charge in [-0.3, -0.25) is 14.7 Å². The van der Waals surface area contributed by atoms with Crippen LogP contribution in [-0.2, 0) is 6.42 Å². The molecule has 0 bridgehead atoms. The third-order valence-corrected chi connectivity index (χ3v) is 5.00. The van der Waals surface area contributed by atoms with Crippen LogP contribution >= 0.6 is 11.6 Å². The molecular formula is C21H14ClN5O2. The normalized spacial score (nSPS) is 11.3. The van der Waals surface area contributed by atoms with Gasteiger partial charge in [-0.05, 0) is 18.2 Å². The molecule has 0 atom stereocenters. The first kappa shape index (κ1) is 17.4. The van der Waals surface area contributed by atoms with Crippen molar-refractivity contribution in [2.75, 3.05) is 0 Å². The lowest BCUT2D eigenvalue weighted by atomic mass is 10.1. The Balaban J connectivity index is 1.60. The molecule has 0 aliphatic heterocycles. The van der Waals surface area contributed by atoms with E-state index in [1.54, 1.807) is 24.3 Å². The first-order valence-corrected chi connectivity index (χ1v) is 9.30.